The van der Waals surface area contributed by atoms with Crippen LogP contribution in [0.25, 0.3) is 0 Å². The Morgan fingerprint density at radius 2 is 2.11 bits per heavy atom. The summed E-state index contributed by atoms with van der Waals surface area (Å²) in [6.07, 6.45) is -4.41. The van der Waals surface area contributed by atoms with Crippen molar-refractivity contribution in [3.05, 3.63) is 17.0 Å². The highest BCUT2D eigenvalue weighted by atomic mass is 19.4. The van der Waals surface area contributed by atoms with Crippen molar-refractivity contribution in [3.8, 4) is 0 Å². The summed E-state index contributed by atoms with van der Waals surface area (Å²) in [5.41, 5.74) is 1.39. The average Bonchev–Trinajstić information content (AvgIpc) is 2.60. The maximum absolute atomic E-state index is 12.3. The molecule has 0 fully saturated rings. The zero-order chi connectivity index (χ0) is 14.6. The summed E-state index contributed by atoms with van der Waals surface area (Å²) in [7, 11) is 0. The van der Waals surface area contributed by atoms with Crippen molar-refractivity contribution < 1.29 is 22.7 Å². The molecule has 19 heavy (non-hydrogen) atoms. The van der Waals surface area contributed by atoms with Crippen LogP contribution in [-0.4, -0.2) is 35.5 Å². The number of hydrogen-bond acceptors (Lipinski definition) is 4. The minimum absolute atomic E-state index is 0.0962. The van der Waals surface area contributed by atoms with Gasteiger partial charge < -0.3 is 4.74 Å². The lowest BCUT2D eigenvalue weighted by Crippen LogP contribution is -2.37. The van der Waals surface area contributed by atoms with Gasteiger partial charge in [0.25, 0.3) is 0 Å². The Kier molecular flexibility index (Phi) is 4.93. The molecule has 0 spiro atoms. The number of rotatable bonds is 5. The quantitative estimate of drug-likeness (QED) is 0.806. The molecule has 1 atom stereocenters. The predicted octanol–water partition coefficient (Wildman–Crippen LogP) is 1.78. The molecule has 0 saturated carbocycles. The van der Waals surface area contributed by atoms with E-state index < -0.39 is 24.7 Å². The SMILES string of the molecule is CCOC(=O)C(NCC(F)(F)F)c1c(C)n[nH]c1C. The molecule has 1 unspecified atom stereocenters. The Hall–Kier alpha value is -1.57. The fraction of sp³-hybridized carbons (Fsp3) is 0.636. The van der Waals surface area contributed by atoms with E-state index >= 15 is 0 Å². The van der Waals surface area contributed by atoms with Crippen molar-refractivity contribution in [3.63, 3.8) is 0 Å². The highest BCUT2D eigenvalue weighted by Crippen LogP contribution is 2.23. The molecule has 0 aliphatic heterocycles. The van der Waals surface area contributed by atoms with E-state index in [1.807, 2.05) is 0 Å². The Morgan fingerprint density at radius 3 is 2.53 bits per heavy atom. The zero-order valence-electron chi connectivity index (χ0n) is 10.9. The van der Waals surface area contributed by atoms with Crippen LogP contribution < -0.4 is 5.32 Å². The minimum atomic E-state index is -4.41. The Morgan fingerprint density at radius 1 is 1.47 bits per heavy atom. The normalized spacial score (nSPS) is 13.4. The number of carbonyl (C=O) groups excluding carboxylic acids is 1. The van der Waals surface area contributed by atoms with Gasteiger partial charge in [-0.2, -0.15) is 18.3 Å². The number of nitrogens with one attached hydrogen (secondary N) is 2. The largest absolute Gasteiger partial charge is 0.465 e. The summed E-state index contributed by atoms with van der Waals surface area (Å²) in [6, 6.07) is -1.18. The number of aromatic amines is 1. The van der Waals surface area contributed by atoms with Crippen LogP contribution in [0.1, 0.15) is 29.9 Å². The van der Waals surface area contributed by atoms with Gasteiger partial charge in [-0.1, -0.05) is 0 Å². The molecule has 0 amide bonds. The first kappa shape index (κ1) is 15.5. The number of ether oxygens (including phenoxy) is 1. The second kappa shape index (κ2) is 6.05. The van der Waals surface area contributed by atoms with E-state index in [0.717, 1.165) is 0 Å². The summed E-state index contributed by atoms with van der Waals surface area (Å²) in [5, 5.41) is 8.67. The van der Waals surface area contributed by atoms with Crippen molar-refractivity contribution in [2.45, 2.75) is 33.0 Å². The molecule has 1 rings (SSSR count). The van der Waals surface area contributed by atoms with Gasteiger partial charge >= 0.3 is 12.1 Å². The Labute approximate surface area is 108 Å². The van der Waals surface area contributed by atoms with Crippen molar-refractivity contribution in [2.75, 3.05) is 13.2 Å². The fourth-order valence-electron chi connectivity index (χ4n) is 1.73. The lowest BCUT2D eigenvalue weighted by molar-refractivity contribution is -0.149. The summed E-state index contributed by atoms with van der Waals surface area (Å²) in [4.78, 5) is 11.8. The van der Waals surface area contributed by atoms with Gasteiger partial charge in [0.2, 0.25) is 0 Å². The molecule has 0 aromatic carbocycles. The average molecular weight is 279 g/mol. The molecule has 0 bridgehead atoms. The highest BCUT2D eigenvalue weighted by Gasteiger charge is 2.33. The van der Waals surface area contributed by atoms with Gasteiger partial charge in [0.1, 0.15) is 6.04 Å². The fourth-order valence-corrected chi connectivity index (χ4v) is 1.73. The Balaban J connectivity index is 2.96. The van der Waals surface area contributed by atoms with Gasteiger partial charge in [0.15, 0.2) is 0 Å². The summed E-state index contributed by atoms with van der Waals surface area (Å²) < 4.78 is 41.6. The van der Waals surface area contributed by atoms with Gasteiger partial charge in [-0.3, -0.25) is 10.4 Å². The predicted molar refractivity (Wildman–Crippen MR) is 61.5 cm³/mol. The third kappa shape index (κ3) is 4.23. The molecule has 1 aromatic rings. The third-order valence-electron chi connectivity index (χ3n) is 2.50. The van der Waals surface area contributed by atoms with Crippen LogP contribution in [0.4, 0.5) is 13.2 Å². The number of nitrogens with zero attached hydrogens (tertiary/aromatic N) is 1. The molecule has 2 N–H and O–H groups in total. The molecule has 0 aliphatic rings. The number of esters is 1. The van der Waals surface area contributed by atoms with Gasteiger partial charge in [0.05, 0.1) is 18.8 Å². The van der Waals surface area contributed by atoms with E-state index in [-0.39, 0.29) is 6.61 Å². The summed E-state index contributed by atoms with van der Waals surface area (Å²) in [6.45, 7) is 3.66. The summed E-state index contributed by atoms with van der Waals surface area (Å²) in [5.74, 6) is -0.751. The molecule has 1 heterocycles. The van der Waals surface area contributed by atoms with Crippen LogP contribution in [0.15, 0.2) is 0 Å². The van der Waals surface area contributed by atoms with E-state index in [0.29, 0.717) is 17.0 Å². The monoisotopic (exact) mass is 279 g/mol. The standard InChI is InChI=1S/C11H16F3N3O2/c1-4-19-10(18)9(15-5-11(12,13)14)8-6(2)16-17-7(8)3/h9,15H,4-5H2,1-3H3,(H,16,17). The molecule has 0 radical (unpaired) electrons. The second-order valence-electron chi connectivity index (χ2n) is 4.03. The van der Waals surface area contributed by atoms with E-state index in [1.54, 1.807) is 20.8 Å². The lowest BCUT2D eigenvalue weighted by atomic mass is 10.1. The Bertz CT molecular complexity index is 423. The first-order valence-electron chi connectivity index (χ1n) is 5.74. The maximum atomic E-state index is 12.3. The van der Waals surface area contributed by atoms with E-state index in [1.165, 1.54) is 0 Å². The molecule has 1 aromatic heterocycles. The van der Waals surface area contributed by atoms with Crippen LogP contribution in [-0.2, 0) is 9.53 Å². The van der Waals surface area contributed by atoms with Crippen LogP contribution in [0.5, 0.6) is 0 Å². The minimum Gasteiger partial charge on any atom is -0.465 e. The molecular weight excluding hydrogens is 263 g/mol. The third-order valence-corrected chi connectivity index (χ3v) is 2.50. The number of H-pyrrole nitrogens is 1. The van der Waals surface area contributed by atoms with E-state index in [2.05, 4.69) is 15.5 Å². The topological polar surface area (TPSA) is 67.0 Å². The van der Waals surface area contributed by atoms with Crippen LogP contribution >= 0.6 is 0 Å². The maximum Gasteiger partial charge on any atom is 0.401 e. The van der Waals surface area contributed by atoms with Gasteiger partial charge in [-0.15, -0.1) is 0 Å². The van der Waals surface area contributed by atoms with Gasteiger partial charge in [-0.25, -0.2) is 4.79 Å². The van der Waals surface area contributed by atoms with Crippen molar-refractivity contribution in [1.29, 1.82) is 0 Å². The van der Waals surface area contributed by atoms with Crippen molar-refractivity contribution >= 4 is 5.97 Å². The molecular formula is C11H16F3N3O2. The number of halogens is 3. The van der Waals surface area contributed by atoms with E-state index in [9.17, 15) is 18.0 Å². The first-order valence-corrected chi connectivity index (χ1v) is 5.74. The van der Waals surface area contributed by atoms with E-state index in [4.69, 9.17) is 4.74 Å². The first-order chi connectivity index (χ1) is 8.76. The molecule has 108 valence electrons. The van der Waals surface area contributed by atoms with Crippen molar-refractivity contribution in [1.82, 2.24) is 15.5 Å². The lowest BCUT2D eigenvalue weighted by Gasteiger charge is -2.18. The molecule has 8 heteroatoms. The number of aromatic nitrogens is 2. The number of aryl methyl sites for hydroxylation is 2. The zero-order valence-corrected chi connectivity index (χ0v) is 10.9. The van der Waals surface area contributed by atoms with Crippen LogP contribution in [0.2, 0.25) is 0 Å². The second-order valence-corrected chi connectivity index (χ2v) is 4.03. The van der Waals surface area contributed by atoms with Gasteiger partial charge in [0, 0.05) is 11.3 Å². The number of carbonyl (C=O) groups is 1. The van der Waals surface area contributed by atoms with Crippen LogP contribution in [0.3, 0.4) is 0 Å². The molecule has 0 aliphatic carbocycles. The molecule has 0 saturated heterocycles. The smallest absolute Gasteiger partial charge is 0.401 e. The molecule has 5 nitrogen and oxygen atoms in total. The summed E-state index contributed by atoms with van der Waals surface area (Å²) >= 11 is 0. The highest BCUT2D eigenvalue weighted by molar-refractivity contribution is 5.78. The number of hydrogen-bond donors (Lipinski definition) is 2. The van der Waals surface area contributed by atoms with Crippen molar-refractivity contribution in [2.24, 2.45) is 0 Å². The number of alkyl halides is 3. The van der Waals surface area contributed by atoms with Crippen LogP contribution in [0, 0.1) is 13.8 Å². The van der Waals surface area contributed by atoms with Gasteiger partial charge in [-0.05, 0) is 20.8 Å².